The minimum absolute atomic E-state index is 0.00954. The highest BCUT2D eigenvalue weighted by atomic mass is 16.6. The standard InChI is InChI=1S/C8H14O3.C8H14O2.C8H12O2/c1-2-3-7-4-6(9)5-8(10)11-7;2*1-2-4-7-5-3-6-8(9)10-7/h6-7,9H,2-5H2,1H3;7H,2-6H2,1H3;3,6-7H,2,4-5H2,1H3. The molecule has 0 saturated carbocycles. The van der Waals surface area contributed by atoms with Gasteiger partial charge in [0.1, 0.15) is 18.3 Å². The van der Waals surface area contributed by atoms with Gasteiger partial charge in [0.05, 0.1) is 12.5 Å². The smallest absolute Gasteiger partial charge is 0.330 e. The molecule has 3 aliphatic heterocycles. The maximum Gasteiger partial charge on any atom is 0.330 e. The van der Waals surface area contributed by atoms with E-state index in [4.69, 9.17) is 14.2 Å². The van der Waals surface area contributed by atoms with Gasteiger partial charge >= 0.3 is 17.9 Å². The van der Waals surface area contributed by atoms with Gasteiger partial charge in [-0.3, -0.25) is 9.59 Å². The summed E-state index contributed by atoms with van der Waals surface area (Å²) in [6.07, 6.45) is 13.7. The fourth-order valence-corrected chi connectivity index (χ4v) is 3.73. The Bertz CT molecular complexity index is 570. The topological polar surface area (TPSA) is 99.1 Å². The van der Waals surface area contributed by atoms with Crippen LogP contribution in [0.5, 0.6) is 0 Å². The van der Waals surface area contributed by atoms with Crippen molar-refractivity contribution >= 4 is 17.9 Å². The molecule has 0 spiro atoms. The van der Waals surface area contributed by atoms with E-state index >= 15 is 0 Å². The number of carbonyl (C=O) groups excluding carboxylic acids is 3. The maximum atomic E-state index is 10.8. The maximum absolute atomic E-state index is 10.8. The Morgan fingerprint density at radius 2 is 1.48 bits per heavy atom. The summed E-state index contributed by atoms with van der Waals surface area (Å²) in [6.45, 7) is 6.24. The summed E-state index contributed by atoms with van der Waals surface area (Å²) in [5, 5.41) is 9.18. The van der Waals surface area contributed by atoms with Gasteiger partial charge in [-0.05, 0) is 32.1 Å². The lowest BCUT2D eigenvalue weighted by molar-refractivity contribution is -0.160. The third kappa shape index (κ3) is 12.5. The van der Waals surface area contributed by atoms with Crippen molar-refractivity contribution in [2.24, 2.45) is 0 Å². The quantitative estimate of drug-likeness (QED) is 0.483. The molecule has 0 aliphatic carbocycles. The van der Waals surface area contributed by atoms with Crippen LogP contribution in [0.25, 0.3) is 0 Å². The summed E-state index contributed by atoms with van der Waals surface area (Å²) < 4.78 is 15.1. The second kappa shape index (κ2) is 15.8. The van der Waals surface area contributed by atoms with Gasteiger partial charge in [0.15, 0.2) is 0 Å². The first-order valence-electron chi connectivity index (χ1n) is 11.8. The lowest BCUT2D eigenvalue weighted by atomic mass is 10.0. The van der Waals surface area contributed by atoms with Crippen LogP contribution in [0.15, 0.2) is 12.2 Å². The summed E-state index contributed by atoms with van der Waals surface area (Å²) >= 11 is 0. The minimum atomic E-state index is -0.479. The number of aliphatic hydroxyl groups is 1. The second-order valence-electron chi connectivity index (χ2n) is 8.27. The Morgan fingerprint density at radius 1 is 0.871 bits per heavy atom. The van der Waals surface area contributed by atoms with Crippen LogP contribution in [0.2, 0.25) is 0 Å². The van der Waals surface area contributed by atoms with Crippen molar-refractivity contribution in [1.82, 2.24) is 0 Å². The van der Waals surface area contributed by atoms with E-state index in [9.17, 15) is 19.5 Å². The average Bonchev–Trinajstić information content (AvgIpc) is 2.69. The zero-order chi connectivity index (χ0) is 23.1. The molecule has 3 rings (SSSR count). The predicted octanol–water partition coefficient (Wildman–Crippen LogP) is 4.39. The van der Waals surface area contributed by atoms with Gasteiger partial charge in [-0.2, -0.15) is 0 Å². The highest BCUT2D eigenvalue weighted by Gasteiger charge is 2.26. The number of aliphatic hydroxyl groups excluding tert-OH is 1. The lowest BCUT2D eigenvalue weighted by Crippen LogP contribution is -2.32. The first kappa shape index (κ1) is 27.1. The molecule has 0 aromatic rings. The van der Waals surface area contributed by atoms with Crippen molar-refractivity contribution in [2.75, 3.05) is 0 Å². The largest absolute Gasteiger partial charge is 0.462 e. The third-order valence-corrected chi connectivity index (χ3v) is 5.21. The Balaban J connectivity index is 0.000000233. The van der Waals surface area contributed by atoms with Gasteiger partial charge in [0.25, 0.3) is 0 Å². The molecule has 7 nitrogen and oxygen atoms in total. The highest BCUT2D eigenvalue weighted by molar-refractivity contribution is 5.82. The van der Waals surface area contributed by atoms with Crippen LogP contribution in [0.1, 0.15) is 97.8 Å². The molecule has 1 N–H and O–H groups in total. The number of hydrogen-bond donors (Lipinski definition) is 1. The van der Waals surface area contributed by atoms with Crippen LogP contribution < -0.4 is 0 Å². The molecule has 0 aromatic carbocycles. The zero-order valence-corrected chi connectivity index (χ0v) is 19.3. The van der Waals surface area contributed by atoms with Gasteiger partial charge < -0.3 is 19.3 Å². The van der Waals surface area contributed by atoms with Gasteiger partial charge in [0.2, 0.25) is 0 Å². The van der Waals surface area contributed by atoms with E-state index in [0.717, 1.165) is 57.8 Å². The number of rotatable bonds is 6. The minimum Gasteiger partial charge on any atom is -0.462 e. The fraction of sp³-hybridized carbons (Fsp3) is 0.792. The number of cyclic esters (lactones) is 3. The summed E-state index contributed by atoms with van der Waals surface area (Å²) in [5.74, 6) is -0.461. The Kier molecular flexibility index (Phi) is 13.9. The van der Waals surface area contributed by atoms with Crippen molar-refractivity contribution < 1.29 is 33.7 Å². The number of esters is 3. The predicted molar refractivity (Wildman–Crippen MR) is 117 cm³/mol. The van der Waals surface area contributed by atoms with Crippen LogP contribution in [-0.4, -0.2) is 47.4 Å². The zero-order valence-electron chi connectivity index (χ0n) is 19.3. The summed E-state index contributed by atoms with van der Waals surface area (Å²) in [4.78, 5) is 32.1. The first-order chi connectivity index (χ1) is 14.9. The van der Waals surface area contributed by atoms with Crippen molar-refractivity contribution in [3.63, 3.8) is 0 Å². The molecule has 31 heavy (non-hydrogen) atoms. The Hall–Kier alpha value is -1.89. The average molecular weight is 441 g/mol. The Labute approximate surface area is 186 Å². The molecule has 4 unspecified atom stereocenters. The van der Waals surface area contributed by atoms with Crippen molar-refractivity contribution in [3.05, 3.63) is 12.2 Å². The molecule has 0 radical (unpaired) electrons. The van der Waals surface area contributed by atoms with E-state index in [0.29, 0.717) is 12.8 Å². The molecule has 4 atom stereocenters. The molecule has 0 aromatic heterocycles. The normalized spacial score (nSPS) is 27.5. The molecular formula is C24H40O7. The van der Waals surface area contributed by atoms with Gasteiger partial charge in [-0.25, -0.2) is 4.79 Å². The third-order valence-electron chi connectivity index (χ3n) is 5.21. The van der Waals surface area contributed by atoms with E-state index in [-0.39, 0.29) is 42.6 Å². The van der Waals surface area contributed by atoms with Gasteiger partial charge in [0, 0.05) is 25.3 Å². The molecule has 178 valence electrons. The van der Waals surface area contributed by atoms with Crippen LogP contribution in [0, 0.1) is 0 Å². The molecule has 2 saturated heterocycles. The summed E-state index contributed by atoms with van der Waals surface area (Å²) in [6, 6.07) is 0. The van der Waals surface area contributed by atoms with E-state index in [1.165, 1.54) is 6.08 Å². The second-order valence-corrected chi connectivity index (χ2v) is 8.27. The first-order valence-corrected chi connectivity index (χ1v) is 11.8. The summed E-state index contributed by atoms with van der Waals surface area (Å²) in [5.41, 5.74) is 0. The van der Waals surface area contributed by atoms with Crippen LogP contribution in [-0.2, 0) is 28.6 Å². The number of carbonyl (C=O) groups is 3. The monoisotopic (exact) mass is 440 g/mol. The van der Waals surface area contributed by atoms with Crippen molar-refractivity contribution in [1.29, 1.82) is 0 Å². The molecule has 0 bridgehead atoms. The van der Waals surface area contributed by atoms with E-state index in [1.807, 2.05) is 13.0 Å². The molecule has 0 amide bonds. The number of hydrogen-bond acceptors (Lipinski definition) is 7. The molecule has 3 aliphatic rings. The van der Waals surface area contributed by atoms with E-state index in [1.54, 1.807) is 0 Å². The lowest BCUT2D eigenvalue weighted by Gasteiger charge is -2.25. The van der Waals surface area contributed by atoms with Crippen molar-refractivity contribution in [3.8, 4) is 0 Å². The molecular weight excluding hydrogens is 400 g/mol. The van der Waals surface area contributed by atoms with Gasteiger partial charge in [-0.1, -0.05) is 46.1 Å². The molecule has 7 heteroatoms. The molecule has 3 heterocycles. The summed E-state index contributed by atoms with van der Waals surface area (Å²) in [7, 11) is 0. The van der Waals surface area contributed by atoms with Crippen LogP contribution in [0.3, 0.4) is 0 Å². The number of ether oxygens (including phenoxy) is 3. The molecule has 2 fully saturated rings. The van der Waals surface area contributed by atoms with Crippen LogP contribution in [0.4, 0.5) is 0 Å². The SMILES string of the molecule is CCCC1CC(O)CC(=O)O1.CCCC1CC=CC(=O)O1.CCCC1CCCC(=O)O1. The Morgan fingerprint density at radius 3 is 2.06 bits per heavy atom. The van der Waals surface area contributed by atoms with Crippen LogP contribution >= 0.6 is 0 Å². The fourth-order valence-electron chi connectivity index (χ4n) is 3.73. The van der Waals surface area contributed by atoms with E-state index in [2.05, 4.69) is 13.8 Å². The van der Waals surface area contributed by atoms with E-state index < -0.39 is 6.10 Å². The van der Waals surface area contributed by atoms with Gasteiger partial charge in [-0.15, -0.1) is 0 Å². The van der Waals surface area contributed by atoms with Crippen molar-refractivity contribution in [2.45, 2.75) is 122 Å². The highest BCUT2D eigenvalue weighted by Crippen LogP contribution is 2.18.